The third-order valence-electron chi connectivity index (χ3n) is 1.26. The van der Waals surface area contributed by atoms with Crippen molar-refractivity contribution in [1.82, 2.24) is 0 Å². The highest BCUT2D eigenvalue weighted by atomic mass is 16.6. The largest absolute Gasteiger partial charge is 0.435 e. The quantitative estimate of drug-likeness (QED) is 0.525. The van der Waals surface area contributed by atoms with E-state index < -0.39 is 11.7 Å². The van der Waals surface area contributed by atoms with Crippen LogP contribution in [0.25, 0.3) is 0 Å². The van der Waals surface area contributed by atoms with Gasteiger partial charge in [0.15, 0.2) is 11.9 Å². The Labute approximate surface area is 52.0 Å². The maximum Gasteiger partial charge on any atom is 0.405 e. The molecule has 4 nitrogen and oxygen atoms in total. The standard InChI is InChI=1S/C5H7NO3/c6-4(8)9-5(3-7)1-2-5/h3H,1-2H2,(H2,6,8). The van der Waals surface area contributed by atoms with Crippen molar-refractivity contribution in [2.24, 2.45) is 5.73 Å². The van der Waals surface area contributed by atoms with Crippen molar-refractivity contribution in [3.05, 3.63) is 0 Å². The molecule has 0 heterocycles. The Morgan fingerprint density at radius 2 is 2.22 bits per heavy atom. The second kappa shape index (κ2) is 1.72. The molecule has 0 bridgehead atoms. The molecule has 1 aliphatic carbocycles. The molecule has 0 unspecified atom stereocenters. The maximum absolute atomic E-state index is 10.1. The van der Waals surface area contributed by atoms with Crippen molar-refractivity contribution in [1.29, 1.82) is 0 Å². The fourth-order valence-corrected chi connectivity index (χ4v) is 0.568. The molecule has 0 aromatic heterocycles. The van der Waals surface area contributed by atoms with Gasteiger partial charge in [-0.15, -0.1) is 0 Å². The zero-order valence-corrected chi connectivity index (χ0v) is 4.79. The predicted molar refractivity (Wildman–Crippen MR) is 28.7 cm³/mol. The van der Waals surface area contributed by atoms with Gasteiger partial charge in [-0.25, -0.2) is 4.79 Å². The molecule has 0 aromatic rings. The third kappa shape index (κ3) is 1.19. The molecule has 2 N–H and O–H groups in total. The SMILES string of the molecule is NC(=O)OC1(C=O)CC1. The van der Waals surface area contributed by atoms with Crippen LogP contribution < -0.4 is 5.73 Å². The van der Waals surface area contributed by atoms with E-state index >= 15 is 0 Å². The van der Waals surface area contributed by atoms with Crippen molar-refractivity contribution in [2.45, 2.75) is 18.4 Å². The van der Waals surface area contributed by atoms with Crippen LogP contribution in [-0.4, -0.2) is 18.0 Å². The van der Waals surface area contributed by atoms with E-state index in [1.165, 1.54) is 0 Å². The van der Waals surface area contributed by atoms with Crippen LogP contribution in [-0.2, 0) is 9.53 Å². The minimum Gasteiger partial charge on any atom is -0.435 e. The van der Waals surface area contributed by atoms with E-state index in [9.17, 15) is 9.59 Å². The normalized spacial score (nSPS) is 20.4. The van der Waals surface area contributed by atoms with Gasteiger partial charge in [0.05, 0.1) is 0 Å². The van der Waals surface area contributed by atoms with Crippen LogP contribution in [0.2, 0.25) is 0 Å². The second-order valence-corrected chi connectivity index (χ2v) is 2.10. The molecule has 1 aliphatic rings. The lowest BCUT2D eigenvalue weighted by molar-refractivity contribution is -0.116. The van der Waals surface area contributed by atoms with Gasteiger partial charge in [0.2, 0.25) is 0 Å². The van der Waals surface area contributed by atoms with E-state index in [1.807, 2.05) is 0 Å². The first-order valence-corrected chi connectivity index (χ1v) is 2.63. The number of carbonyl (C=O) groups is 2. The zero-order chi connectivity index (χ0) is 6.91. The Balaban J connectivity index is 2.42. The Hall–Kier alpha value is -1.06. The van der Waals surface area contributed by atoms with Gasteiger partial charge in [0, 0.05) is 0 Å². The minimum absolute atomic E-state index is 0.611. The maximum atomic E-state index is 10.1. The first-order valence-electron chi connectivity index (χ1n) is 2.63. The van der Waals surface area contributed by atoms with Gasteiger partial charge in [0.25, 0.3) is 0 Å². The predicted octanol–water partition coefficient (Wildman–Crippen LogP) is -0.187. The van der Waals surface area contributed by atoms with Gasteiger partial charge in [-0.2, -0.15) is 0 Å². The Morgan fingerprint density at radius 3 is 2.33 bits per heavy atom. The summed E-state index contributed by atoms with van der Waals surface area (Å²) < 4.78 is 4.47. The zero-order valence-electron chi connectivity index (χ0n) is 4.79. The summed E-state index contributed by atoms with van der Waals surface area (Å²) in [7, 11) is 0. The number of hydrogen-bond acceptors (Lipinski definition) is 3. The molecule has 0 atom stereocenters. The molecule has 1 saturated carbocycles. The van der Waals surface area contributed by atoms with E-state index in [0.29, 0.717) is 19.1 Å². The fourth-order valence-electron chi connectivity index (χ4n) is 0.568. The summed E-state index contributed by atoms with van der Waals surface area (Å²) in [4.78, 5) is 20.1. The molecule has 9 heavy (non-hydrogen) atoms. The van der Waals surface area contributed by atoms with Gasteiger partial charge in [-0.1, -0.05) is 0 Å². The minimum atomic E-state index is -0.875. The van der Waals surface area contributed by atoms with Gasteiger partial charge >= 0.3 is 6.09 Å². The van der Waals surface area contributed by atoms with Crippen molar-refractivity contribution in [2.75, 3.05) is 0 Å². The Morgan fingerprint density at radius 1 is 1.67 bits per heavy atom. The summed E-state index contributed by atoms with van der Waals surface area (Å²) in [6.07, 6.45) is 0.969. The lowest BCUT2D eigenvalue weighted by Crippen LogP contribution is -2.24. The number of aldehydes is 1. The lowest BCUT2D eigenvalue weighted by atomic mass is 10.4. The summed E-state index contributed by atoms with van der Waals surface area (Å²) in [6, 6.07) is 0. The van der Waals surface area contributed by atoms with Crippen molar-refractivity contribution in [3.8, 4) is 0 Å². The summed E-state index contributed by atoms with van der Waals surface area (Å²) >= 11 is 0. The van der Waals surface area contributed by atoms with Crippen LogP contribution in [0.15, 0.2) is 0 Å². The molecular formula is C5H7NO3. The first kappa shape index (κ1) is 6.07. The molecule has 1 amide bonds. The summed E-state index contributed by atoms with van der Waals surface area (Å²) in [5.41, 5.74) is 3.83. The van der Waals surface area contributed by atoms with E-state index in [4.69, 9.17) is 0 Å². The van der Waals surface area contributed by atoms with Gasteiger partial charge in [-0.3, -0.25) is 4.79 Å². The highest BCUT2D eigenvalue weighted by Gasteiger charge is 2.46. The Bertz CT molecular complexity index is 150. The number of hydrogen-bond donors (Lipinski definition) is 1. The van der Waals surface area contributed by atoms with Gasteiger partial charge in [0.1, 0.15) is 0 Å². The van der Waals surface area contributed by atoms with Crippen molar-refractivity contribution < 1.29 is 14.3 Å². The summed E-state index contributed by atoms with van der Waals surface area (Å²) in [6.45, 7) is 0. The lowest BCUT2D eigenvalue weighted by Gasteiger charge is -2.04. The Kier molecular flexibility index (Phi) is 1.16. The van der Waals surface area contributed by atoms with Crippen molar-refractivity contribution in [3.63, 3.8) is 0 Å². The molecule has 0 aromatic carbocycles. The smallest absolute Gasteiger partial charge is 0.405 e. The highest BCUT2D eigenvalue weighted by molar-refractivity contribution is 5.74. The van der Waals surface area contributed by atoms with Crippen LogP contribution in [0, 0.1) is 0 Å². The topological polar surface area (TPSA) is 69.4 Å². The van der Waals surface area contributed by atoms with E-state index in [2.05, 4.69) is 10.5 Å². The summed E-state index contributed by atoms with van der Waals surface area (Å²) in [5.74, 6) is 0. The molecular weight excluding hydrogens is 122 g/mol. The molecule has 0 spiro atoms. The number of nitrogens with two attached hydrogens (primary N) is 1. The number of primary amides is 1. The van der Waals surface area contributed by atoms with E-state index in [-0.39, 0.29) is 0 Å². The van der Waals surface area contributed by atoms with Crippen molar-refractivity contribution >= 4 is 12.4 Å². The molecule has 4 heteroatoms. The molecule has 0 aliphatic heterocycles. The van der Waals surface area contributed by atoms with E-state index in [0.717, 1.165) is 0 Å². The van der Waals surface area contributed by atoms with Gasteiger partial charge < -0.3 is 10.5 Å². The van der Waals surface area contributed by atoms with Crippen LogP contribution in [0.1, 0.15) is 12.8 Å². The number of carbonyl (C=O) groups excluding carboxylic acids is 2. The monoisotopic (exact) mass is 129 g/mol. The number of ether oxygens (including phenoxy) is 1. The van der Waals surface area contributed by atoms with Crippen LogP contribution in [0.5, 0.6) is 0 Å². The highest BCUT2D eigenvalue weighted by Crippen LogP contribution is 2.36. The second-order valence-electron chi connectivity index (χ2n) is 2.10. The number of amides is 1. The fraction of sp³-hybridized carbons (Fsp3) is 0.600. The number of rotatable bonds is 2. The molecule has 0 radical (unpaired) electrons. The molecule has 50 valence electrons. The molecule has 0 saturated heterocycles. The molecule has 1 rings (SSSR count). The van der Waals surface area contributed by atoms with Gasteiger partial charge in [-0.05, 0) is 12.8 Å². The van der Waals surface area contributed by atoms with E-state index in [1.54, 1.807) is 0 Å². The van der Waals surface area contributed by atoms with Crippen LogP contribution in [0.3, 0.4) is 0 Å². The third-order valence-corrected chi connectivity index (χ3v) is 1.26. The van der Waals surface area contributed by atoms with Crippen LogP contribution in [0.4, 0.5) is 4.79 Å². The average molecular weight is 129 g/mol. The average Bonchev–Trinajstić information content (AvgIpc) is 2.48. The first-order chi connectivity index (χ1) is 4.18. The molecule has 1 fully saturated rings. The summed E-state index contributed by atoms with van der Waals surface area (Å²) in [5, 5.41) is 0. The van der Waals surface area contributed by atoms with Crippen LogP contribution >= 0.6 is 0 Å².